The molecule has 1 aliphatic rings. The van der Waals surface area contributed by atoms with Crippen molar-refractivity contribution in [2.75, 3.05) is 6.54 Å². The maximum Gasteiger partial charge on any atom is 0.230 e. The van der Waals surface area contributed by atoms with E-state index in [0.29, 0.717) is 6.54 Å². The minimum Gasteiger partial charge on any atom is -0.391 e. The van der Waals surface area contributed by atoms with Gasteiger partial charge in [-0.15, -0.1) is 0 Å². The number of nitrogens with one attached hydrogen (secondary N) is 1. The molecule has 1 aromatic rings. The maximum absolute atomic E-state index is 12.5. The van der Waals surface area contributed by atoms with Gasteiger partial charge in [0, 0.05) is 6.54 Å². The molecule has 1 aliphatic carbocycles. The maximum atomic E-state index is 12.5. The zero-order valence-electron chi connectivity index (χ0n) is 12.5. The van der Waals surface area contributed by atoms with Crippen molar-refractivity contribution >= 4 is 5.91 Å². The second-order valence-electron chi connectivity index (χ2n) is 5.96. The van der Waals surface area contributed by atoms with Crippen LogP contribution in [0.15, 0.2) is 24.3 Å². The van der Waals surface area contributed by atoms with Gasteiger partial charge in [-0.3, -0.25) is 4.79 Å². The highest BCUT2D eigenvalue weighted by Gasteiger charge is 2.45. The van der Waals surface area contributed by atoms with Crippen LogP contribution in [0, 0.1) is 6.92 Å². The van der Waals surface area contributed by atoms with Crippen molar-refractivity contribution in [3.63, 3.8) is 0 Å². The molecular formula is C17H25NO2. The fourth-order valence-corrected chi connectivity index (χ4v) is 2.93. The minimum atomic E-state index is -0.432. The summed E-state index contributed by atoms with van der Waals surface area (Å²) < 4.78 is 0. The van der Waals surface area contributed by atoms with Gasteiger partial charge in [0.05, 0.1) is 11.5 Å². The number of hydrogen-bond acceptors (Lipinski definition) is 2. The average molecular weight is 275 g/mol. The summed E-state index contributed by atoms with van der Waals surface area (Å²) in [6.07, 6.45) is 4.15. The third kappa shape index (κ3) is 3.04. The molecule has 2 N–H and O–H groups in total. The highest BCUT2D eigenvalue weighted by molar-refractivity contribution is 5.89. The van der Waals surface area contributed by atoms with Gasteiger partial charge in [-0.05, 0) is 31.7 Å². The summed E-state index contributed by atoms with van der Waals surface area (Å²) in [4.78, 5) is 12.5. The van der Waals surface area contributed by atoms with Gasteiger partial charge in [0.15, 0.2) is 0 Å². The van der Waals surface area contributed by atoms with E-state index < -0.39 is 6.10 Å². The van der Waals surface area contributed by atoms with Crippen molar-refractivity contribution in [3.8, 4) is 0 Å². The number of benzene rings is 1. The van der Waals surface area contributed by atoms with Crippen LogP contribution in [0.25, 0.3) is 0 Å². The Labute approximate surface area is 121 Å². The molecule has 1 aromatic carbocycles. The normalized spacial score (nSPS) is 18.1. The van der Waals surface area contributed by atoms with Gasteiger partial charge >= 0.3 is 0 Å². The second kappa shape index (κ2) is 6.40. The van der Waals surface area contributed by atoms with E-state index in [9.17, 15) is 9.90 Å². The Morgan fingerprint density at radius 3 is 2.75 bits per heavy atom. The zero-order valence-corrected chi connectivity index (χ0v) is 12.5. The number of aliphatic hydroxyl groups is 1. The lowest BCUT2D eigenvalue weighted by atomic mass is 9.63. The fraction of sp³-hybridized carbons (Fsp3) is 0.588. The molecule has 0 bridgehead atoms. The predicted octanol–water partition coefficient (Wildman–Crippen LogP) is 2.69. The summed E-state index contributed by atoms with van der Waals surface area (Å²) in [5.41, 5.74) is 1.94. The largest absolute Gasteiger partial charge is 0.391 e. The van der Waals surface area contributed by atoms with Crippen LogP contribution >= 0.6 is 0 Å². The lowest BCUT2D eigenvalue weighted by Gasteiger charge is -2.41. The molecular weight excluding hydrogens is 250 g/mol. The SMILES string of the molecule is CCCC(O)CNC(=O)C1(c2cccc(C)c2)CCC1. The van der Waals surface area contributed by atoms with E-state index >= 15 is 0 Å². The first-order valence-electron chi connectivity index (χ1n) is 7.62. The van der Waals surface area contributed by atoms with Crippen molar-refractivity contribution in [1.29, 1.82) is 0 Å². The Bertz CT molecular complexity index is 466. The lowest BCUT2D eigenvalue weighted by molar-refractivity contribution is -0.130. The van der Waals surface area contributed by atoms with Gasteiger partial charge < -0.3 is 10.4 Å². The van der Waals surface area contributed by atoms with E-state index in [0.717, 1.165) is 37.7 Å². The van der Waals surface area contributed by atoms with Gasteiger partial charge in [0.1, 0.15) is 0 Å². The third-order valence-corrected chi connectivity index (χ3v) is 4.33. The van der Waals surface area contributed by atoms with Crippen molar-refractivity contribution < 1.29 is 9.90 Å². The van der Waals surface area contributed by atoms with Crippen LogP contribution in [-0.2, 0) is 10.2 Å². The summed E-state index contributed by atoms with van der Waals surface area (Å²) in [5.74, 6) is 0.0736. The molecule has 2 rings (SSSR count). The molecule has 0 saturated heterocycles. The van der Waals surface area contributed by atoms with E-state index in [1.165, 1.54) is 5.56 Å². The first kappa shape index (κ1) is 15.0. The molecule has 20 heavy (non-hydrogen) atoms. The van der Waals surface area contributed by atoms with E-state index in [1.807, 2.05) is 19.1 Å². The van der Waals surface area contributed by atoms with Crippen molar-refractivity contribution in [2.45, 2.75) is 57.5 Å². The van der Waals surface area contributed by atoms with E-state index in [2.05, 4.69) is 24.4 Å². The monoisotopic (exact) mass is 275 g/mol. The number of amides is 1. The Morgan fingerprint density at radius 1 is 1.45 bits per heavy atom. The lowest BCUT2D eigenvalue weighted by Crippen LogP contribution is -2.50. The molecule has 1 amide bonds. The molecule has 3 heteroatoms. The molecule has 0 heterocycles. The number of carbonyl (C=O) groups is 1. The molecule has 0 radical (unpaired) electrons. The molecule has 3 nitrogen and oxygen atoms in total. The number of rotatable bonds is 6. The molecule has 1 unspecified atom stereocenters. The summed E-state index contributed by atoms with van der Waals surface area (Å²) >= 11 is 0. The Balaban J connectivity index is 2.05. The van der Waals surface area contributed by atoms with Gasteiger partial charge in [-0.2, -0.15) is 0 Å². The van der Waals surface area contributed by atoms with Gasteiger partial charge in [0.2, 0.25) is 5.91 Å². The number of aryl methyl sites for hydroxylation is 1. The Morgan fingerprint density at radius 2 is 2.20 bits per heavy atom. The van der Waals surface area contributed by atoms with Crippen LogP contribution < -0.4 is 5.32 Å². The van der Waals surface area contributed by atoms with Crippen LogP contribution in [0.4, 0.5) is 0 Å². The molecule has 0 aliphatic heterocycles. The highest BCUT2D eigenvalue weighted by atomic mass is 16.3. The van der Waals surface area contributed by atoms with Crippen LogP contribution in [0.2, 0.25) is 0 Å². The highest BCUT2D eigenvalue weighted by Crippen LogP contribution is 2.44. The van der Waals surface area contributed by atoms with Gasteiger partial charge in [-0.25, -0.2) is 0 Å². The topological polar surface area (TPSA) is 49.3 Å². The average Bonchev–Trinajstić information content (AvgIpc) is 2.35. The first-order valence-corrected chi connectivity index (χ1v) is 7.62. The van der Waals surface area contributed by atoms with E-state index in [1.54, 1.807) is 0 Å². The number of carbonyl (C=O) groups excluding carboxylic acids is 1. The fourth-order valence-electron chi connectivity index (χ4n) is 2.93. The summed E-state index contributed by atoms with van der Waals surface area (Å²) in [5, 5.41) is 12.7. The quantitative estimate of drug-likeness (QED) is 0.838. The standard InChI is InChI=1S/C17H25NO2/c1-3-6-15(19)12-18-16(20)17(9-5-10-17)14-8-4-7-13(2)11-14/h4,7-8,11,15,19H,3,5-6,9-10,12H2,1-2H3,(H,18,20). The van der Waals surface area contributed by atoms with E-state index in [-0.39, 0.29) is 11.3 Å². The van der Waals surface area contributed by atoms with Crippen LogP contribution in [0.5, 0.6) is 0 Å². The van der Waals surface area contributed by atoms with Crippen LogP contribution in [0.3, 0.4) is 0 Å². The molecule has 1 fully saturated rings. The van der Waals surface area contributed by atoms with Gasteiger partial charge in [-0.1, -0.05) is 49.6 Å². The molecule has 110 valence electrons. The van der Waals surface area contributed by atoms with Crippen molar-refractivity contribution in [1.82, 2.24) is 5.32 Å². The summed E-state index contributed by atoms with van der Waals surface area (Å²) in [6.45, 7) is 4.45. The number of hydrogen-bond donors (Lipinski definition) is 2. The number of aliphatic hydroxyl groups excluding tert-OH is 1. The molecule has 1 atom stereocenters. The van der Waals surface area contributed by atoms with Crippen LogP contribution in [0.1, 0.15) is 50.2 Å². The Hall–Kier alpha value is -1.35. The third-order valence-electron chi connectivity index (χ3n) is 4.33. The minimum absolute atomic E-state index is 0.0736. The molecule has 0 spiro atoms. The first-order chi connectivity index (χ1) is 9.58. The van der Waals surface area contributed by atoms with Crippen molar-refractivity contribution in [3.05, 3.63) is 35.4 Å². The smallest absolute Gasteiger partial charge is 0.230 e. The van der Waals surface area contributed by atoms with E-state index in [4.69, 9.17) is 0 Å². The summed E-state index contributed by atoms with van der Waals surface area (Å²) in [6, 6.07) is 8.23. The summed E-state index contributed by atoms with van der Waals surface area (Å²) in [7, 11) is 0. The molecule has 0 aromatic heterocycles. The zero-order chi connectivity index (χ0) is 14.6. The molecule has 1 saturated carbocycles. The predicted molar refractivity (Wildman–Crippen MR) is 80.6 cm³/mol. The Kier molecular flexibility index (Phi) is 4.81. The van der Waals surface area contributed by atoms with Crippen LogP contribution in [-0.4, -0.2) is 23.7 Å². The van der Waals surface area contributed by atoms with Gasteiger partial charge in [0.25, 0.3) is 0 Å². The van der Waals surface area contributed by atoms with Crippen molar-refractivity contribution in [2.24, 2.45) is 0 Å². The second-order valence-corrected chi connectivity index (χ2v) is 5.96.